The summed E-state index contributed by atoms with van der Waals surface area (Å²) in [5.74, 6) is 1.69. The van der Waals surface area contributed by atoms with Gasteiger partial charge in [-0.25, -0.2) is 0 Å². The van der Waals surface area contributed by atoms with Gasteiger partial charge in [0.2, 0.25) is 5.91 Å². The third-order valence-corrected chi connectivity index (χ3v) is 8.29. The van der Waals surface area contributed by atoms with Crippen molar-refractivity contribution in [2.24, 2.45) is 0 Å². The van der Waals surface area contributed by atoms with Crippen molar-refractivity contribution in [3.8, 4) is 11.5 Å². The largest absolute Gasteiger partial charge is 0.493 e. The number of rotatable bonds is 8. The van der Waals surface area contributed by atoms with Crippen LogP contribution in [-0.2, 0) is 30.8 Å². The summed E-state index contributed by atoms with van der Waals surface area (Å²) < 4.78 is 11.5. The van der Waals surface area contributed by atoms with Crippen molar-refractivity contribution < 1.29 is 14.3 Å². The fraction of sp³-hybridized carbons (Fsp3) is 0.414. The number of methoxy groups -OCH3 is 1. The molecule has 0 bridgehead atoms. The molecule has 1 saturated heterocycles. The van der Waals surface area contributed by atoms with Crippen molar-refractivity contribution in [2.75, 3.05) is 26.7 Å². The molecule has 2 aromatic carbocycles. The van der Waals surface area contributed by atoms with Crippen molar-refractivity contribution >= 4 is 17.2 Å². The molecular weight excluding hydrogens is 456 g/mol. The number of piperidine rings is 1. The summed E-state index contributed by atoms with van der Waals surface area (Å²) in [7, 11) is 1.65. The molecule has 0 spiro atoms. The zero-order valence-electron chi connectivity index (χ0n) is 20.4. The third kappa shape index (κ3) is 5.88. The summed E-state index contributed by atoms with van der Waals surface area (Å²) in [5, 5.41) is 2.22. The van der Waals surface area contributed by atoms with Crippen LogP contribution >= 0.6 is 11.3 Å². The number of hydrogen-bond acceptors (Lipinski definition) is 5. The Hall–Kier alpha value is -2.83. The third-order valence-electron chi connectivity index (χ3n) is 7.26. The smallest absolute Gasteiger partial charge is 0.222 e. The van der Waals surface area contributed by atoms with Crippen LogP contribution in [0.1, 0.15) is 40.8 Å². The Morgan fingerprint density at radius 2 is 1.83 bits per heavy atom. The molecule has 1 fully saturated rings. The van der Waals surface area contributed by atoms with Crippen molar-refractivity contribution in [3.63, 3.8) is 0 Å². The normalized spacial score (nSPS) is 16.7. The van der Waals surface area contributed by atoms with E-state index in [9.17, 15) is 4.79 Å². The lowest BCUT2D eigenvalue weighted by Gasteiger charge is -2.40. The predicted molar refractivity (Wildman–Crippen MR) is 140 cm³/mol. The van der Waals surface area contributed by atoms with Crippen LogP contribution in [0.5, 0.6) is 11.5 Å². The Morgan fingerprint density at radius 1 is 1.00 bits per heavy atom. The second-order valence-electron chi connectivity index (χ2n) is 9.46. The summed E-state index contributed by atoms with van der Waals surface area (Å²) >= 11 is 1.89. The molecule has 0 atom stereocenters. The van der Waals surface area contributed by atoms with Crippen LogP contribution in [0.15, 0.2) is 60.0 Å². The second kappa shape index (κ2) is 11.3. The molecule has 1 aromatic heterocycles. The van der Waals surface area contributed by atoms with Crippen LogP contribution in [0.3, 0.4) is 0 Å². The highest BCUT2D eigenvalue weighted by Crippen LogP contribution is 2.30. The molecule has 0 aliphatic carbocycles. The Labute approximate surface area is 212 Å². The predicted octanol–water partition coefficient (Wildman–Crippen LogP) is 5.32. The molecule has 3 heterocycles. The molecule has 35 heavy (non-hydrogen) atoms. The van der Waals surface area contributed by atoms with Crippen LogP contribution in [-0.4, -0.2) is 48.5 Å². The van der Waals surface area contributed by atoms with Crippen LogP contribution in [0.2, 0.25) is 0 Å². The molecule has 5 rings (SSSR count). The summed E-state index contributed by atoms with van der Waals surface area (Å²) in [4.78, 5) is 19.2. The Kier molecular flexibility index (Phi) is 7.69. The molecule has 3 aromatic rings. The van der Waals surface area contributed by atoms with E-state index in [1.54, 1.807) is 12.0 Å². The van der Waals surface area contributed by atoms with Crippen molar-refractivity contribution in [1.29, 1.82) is 0 Å². The molecule has 0 N–H and O–H groups in total. The first kappa shape index (κ1) is 23.9. The van der Waals surface area contributed by atoms with Gasteiger partial charge < -0.3 is 14.4 Å². The molecule has 2 aliphatic rings. The Balaban J connectivity index is 1.11. The topological polar surface area (TPSA) is 42.0 Å². The molecule has 0 saturated carbocycles. The zero-order valence-corrected chi connectivity index (χ0v) is 21.3. The number of fused-ring (bicyclic) bond motifs is 1. The molecule has 6 heteroatoms. The second-order valence-corrected chi connectivity index (χ2v) is 10.5. The Bertz CT molecular complexity index is 1120. The summed E-state index contributed by atoms with van der Waals surface area (Å²) in [5.41, 5.74) is 3.71. The number of carbonyl (C=O) groups is 1. The number of thiophene rings is 1. The summed E-state index contributed by atoms with van der Waals surface area (Å²) in [6.45, 7) is 4.44. The van der Waals surface area contributed by atoms with E-state index < -0.39 is 0 Å². The van der Waals surface area contributed by atoms with Crippen molar-refractivity contribution in [3.05, 3.63) is 81.5 Å². The zero-order chi connectivity index (χ0) is 24.0. The number of ether oxygens (including phenoxy) is 2. The van der Waals surface area contributed by atoms with Crippen LogP contribution < -0.4 is 9.47 Å². The van der Waals surface area contributed by atoms with Gasteiger partial charge in [0.05, 0.1) is 7.11 Å². The van der Waals surface area contributed by atoms with Gasteiger partial charge in [0.15, 0.2) is 11.5 Å². The van der Waals surface area contributed by atoms with E-state index in [2.05, 4.69) is 21.2 Å². The fourth-order valence-electron chi connectivity index (χ4n) is 5.20. The van der Waals surface area contributed by atoms with Gasteiger partial charge in [-0.15, -0.1) is 11.3 Å². The highest BCUT2D eigenvalue weighted by molar-refractivity contribution is 7.10. The van der Waals surface area contributed by atoms with Gasteiger partial charge in [0.1, 0.15) is 6.61 Å². The minimum absolute atomic E-state index is 0.254. The SMILES string of the molecule is COc1ccc(CCC(=O)N2CCC(N3CCc4sccc4C3)CC2)cc1OCc1ccccc1. The van der Waals surface area contributed by atoms with Gasteiger partial charge in [-0.2, -0.15) is 0 Å². The van der Waals surface area contributed by atoms with Gasteiger partial charge >= 0.3 is 0 Å². The van der Waals surface area contributed by atoms with E-state index in [1.165, 1.54) is 12.0 Å². The standard InChI is InChI=1S/C29H34N2O3S/c1-33-26-9-7-22(19-27(26)34-21-23-5-3-2-4-6-23)8-10-29(32)30-15-11-25(12-16-30)31-17-13-28-24(20-31)14-18-35-28/h2-7,9,14,18-19,25H,8,10-13,15-17,20-21H2,1H3. The van der Waals surface area contributed by atoms with Crippen molar-refractivity contribution in [2.45, 2.75) is 51.3 Å². The first-order chi connectivity index (χ1) is 17.2. The van der Waals surface area contributed by atoms with Crippen LogP contribution in [0.4, 0.5) is 0 Å². The van der Waals surface area contributed by atoms with E-state index in [0.717, 1.165) is 55.9 Å². The highest BCUT2D eigenvalue weighted by atomic mass is 32.1. The summed E-state index contributed by atoms with van der Waals surface area (Å²) in [6.07, 6.45) is 4.55. The minimum atomic E-state index is 0.254. The highest BCUT2D eigenvalue weighted by Gasteiger charge is 2.29. The van der Waals surface area contributed by atoms with E-state index in [0.29, 0.717) is 31.2 Å². The quantitative estimate of drug-likeness (QED) is 0.429. The fourth-order valence-corrected chi connectivity index (χ4v) is 6.09. The van der Waals surface area contributed by atoms with Crippen molar-refractivity contribution in [1.82, 2.24) is 9.80 Å². The average molecular weight is 491 g/mol. The number of nitrogens with zero attached hydrogens (tertiary/aromatic N) is 2. The molecule has 2 aliphatic heterocycles. The first-order valence-electron chi connectivity index (χ1n) is 12.6. The lowest BCUT2D eigenvalue weighted by atomic mass is 9.99. The maximum atomic E-state index is 13.0. The van der Waals surface area contributed by atoms with Gasteiger partial charge in [-0.1, -0.05) is 36.4 Å². The number of likely N-dealkylation sites (tertiary alicyclic amines) is 1. The minimum Gasteiger partial charge on any atom is -0.493 e. The number of aryl methyl sites for hydroxylation is 1. The number of carbonyl (C=O) groups excluding carboxylic acids is 1. The molecular formula is C29H34N2O3S. The average Bonchev–Trinajstić information content (AvgIpc) is 3.39. The van der Waals surface area contributed by atoms with Crippen LogP contribution in [0, 0.1) is 0 Å². The molecule has 5 nitrogen and oxygen atoms in total. The van der Waals surface area contributed by atoms with Gasteiger partial charge in [0.25, 0.3) is 0 Å². The van der Waals surface area contributed by atoms with E-state index in [4.69, 9.17) is 9.47 Å². The van der Waals surface area contributed by atoms with Crippen LogP contribution in [0.25, 0.3) is 0 Å². The number of hydrogen-bond donors (Lipinski definition) is 0. The number of amides is 1. The van der Waals surface area contributed by atoms with Gasteiger partial charge in [-0.3, -0.25) is 9.69 Å². The lowest BCUT2D eigenvalue weighted by molar-refractivity contribution is -0.132. The molecule has 0 unspecified atom stereocenters. The first-order valence-corrected chi connectivity index (χ1v) is 13.5. The van der Waals surface area contributed by atoms with E-state index >= 15 is 0 Å². The molecule has 184 valence electrons. The molecule has 0 radical (unpaired) electrons. The maximum Gasteiger partial charge on any atom is 0.222 e. The summed E-state index contributed by atoms with van der Waals surface area (Å²) in [6, 6.07) is 18.9. The number of benzene rings is 2. The van der Waals surface area contributed by atoms with E-state index in [-0.39, 0.29) is 5.91 Å². The monoisotopic (exact) mass is 490 g/mol. The maximum absolute atomic E-state index is 13.0. The van der Waals surface area contributed by atoms with Gasteiger partial charge in [0, 0.05) is 43.5 Å². The Morgan fingerprint density at radius 3 is 2.63 bits per heavy atom. The lowest BCUT2D eigenvalue weighted by Crippen LogP contribution is -2.47. The van der Waals surface area contributed by atoms with E-state index in [1.807, 2.05) is 59.9 Å². The molecule has 1 amide bonds. The van der Waals surface area contributed by atoms with Gasteiger partial charge in [-0.05, 0) is 66.0 Å².